The molecule has 0 aliphatic heterocycles. The molecule has 18 heavy (non-hydrogen) atoms. The highest BCUT2D eigenvalue weighted by atomic mass is 16.1. The normalized spacial score (nSPS) is 10.4. The van der Waals surface area contributed by atoms with E-state index in [1.165, 1.54) is 5.56 Å². The summed E-state index contributed by atoms with van der Waals surface area (Å²) in [5, 5.41) is 0. The Morgan fingerprint density at radius 1 is 1.11 bits per heavy atom. The predicted octanol–water partition coefficient (Wildman–Crippen LogP) is 3.82. The maximum absolute atomic E-state index is 11.4. The fraction of sp³-hybridized carbons (Fsp3) is 0.250. The van der Waals surface area contributed by atoms with Gasteiger partial charge in [-0.15, -0.1) is 0 Å². The van der Waals surface area contributed by atoms with Crippen LogP contribution in [-0.4, -0.2) is 10.8 Å². The third-order valence-corrected chi connectivity index (χ3v) is 3.12. The van der Waals surface area contributed by atoms with Crippen molar-refractivity contribution in [2.75, 3.05) is 0 Å². The second-order valence-electron chi connectivity index (χ2n) is 4.44. The number of hydrogen-bond acceptors (Lipinski definition) is 2. The highest BCUT2D eigenvalue weighted by molar-refractivity contribution is 5.95. The molecule has 2 nitrogen and oxygen atoms in total. The number of aromatic nitrogens is 1. The third-order valence-electron chi connectivity index (χ3n) is 3.12. The Kier molecular flexibility index (Phi) is 3.56. The van der Waals surface area contributed by atoms with Crippen molar-refractivity contribution in [1.29, 1.82) is 0 Å². The molecule has 0 amide bonds. The van der Waals surface area contributed by atoms with E-state index in [1.54, 1.807) is 6.92 Å². The number of rotatable bonds is 3. The first-order chi connectivity index (χ1) is 8.61. The van der Waals surface area contributed by atoms with Gasteiger partial charge in [0.1, 0.15) is 0 Å². The van der Waals surface area contributed by atoms with Crippen LogP contribution in [-0.2, 0) is 6.42 Å². The average Bonchev–Trinajstić information content (AvgIpc) is 2.38. The minimum Gasteiger partial charge on any atom is -0.294 e. The minimum atomic E-state index is 0.0629. The Morgan fingerprint density at radius 2 is 1.78 bits per heavy atom. The number of benzene rings is 1. The van der Waals surface area contributed by atoms with Crippen molar-refractivity contribution < 1.29 is 4.79 Å². The fourth-order valence-electron chi connectivity index (χ4n) is 2.01. The van der Waals surface area contributed by atoms with E-state index < -0.39 is 0 Å². The standard InChI is InChI=1S/C16H17NO/c1-4-13-5-7-14(8-6-13)16-10-9-15(12(3)18)11(2)17-16/h5-10H,4H2,1-3H3. The summed E-state index contributed by atoms with van der Waals surface area (Å²) in [5.41, 5.74) is 4.81. The first kappa shape index (κ1) is 12.5. The van der Waals surface area contributed by atoms with Crippen molar-refractivity contribution in [2.45, 2.75) is 27.2 Å². The molecule has 0 atom stereocenters. The van der Waals surface area contributed by atoms with Gasteiger partial charge in [-0.25, -0.2) is 0 Å². The summed E-state index contributed by atoms with van der Waals surface area (Å²) >= 11 is 0. The number of pyridine rings is 1. The van der Waals surface area contributed by atoms with E-state index in [0.29, 0.717) is 5.56 Å². The van der Waals surface area contributed by atoms with E-state index in [0.717, 1.165) is 23.4 Å². The summed E-state index contributed by atoms with van der Waals surface area (Å²) in [6.45, 7) is 5.58. The summed E-state index contributed by atoms with van der Waals surface area (Å²) in [4.78, 5) is 15.9. The molecule has 2 aromatic rings. The van der Waals surface area contributed by atoms with Gasteiger partial charge in [0.25, 0.3) is 0 Å². The molecule has 0 saturated heterocycles. The molecule has 2 heteroatoms. The van der Waals surface area contributed by atoms with Gasteiger partial charge in [-0.1, -0.05) is 31.2 Å². The zero-order chi connectivity index (χ0) is 13.1. The third kappa shape index (κ3) is 2.48. The van der Waals surface area contributed by atoms with Gasteiger partial charge in [0.15, 0.2) is 5.78 Å². The Labute approximate surface area is 108 Å². The van der Waals surface area contributed by atoms with Crippen LogP contribution in [0.4, 0.5) is 0 Å². The van der Waals surface area contributed by atoms with Crippen molar-refractivity contribution in [3.05, 3.63) is 53.2 Å². The lowest BCUT2D eigenvalue weighted by atomic mass is 10.0. The molecule has 0 aliphatic carbocycles. The number of hydrogen-bond donors (Lipinski definition) is 0. The highest BCUT2D eigenvalue weighted by Crippen LogP contribution is 2.20. The monoisotopic (exact) mass is 239 g/mol. The molecular formula is C16H17NO. The molecule has 0 aliphatic rings. The Balaban J connectivity index is 2.39. The number of Topliss-reactive ketones (excluding diaryl/α,β-unsaturated/α-hetero) is 1. The second kappa shape index (κ2) is 5.13. The number of ketones is 1. The summed E-state index contributed by atoms with van der Waals surface area (Å²) < 4.78 is 0. The molecule has 0 fully saturated rings. The highest BCUT2D eigenvalue weighted by Gasteiger charge is 2.07. The van der Waals surface area contributed by atoms with Gasteiger partial charge >= 0.3 is 0 Å². The van der Waals surface area contributed by atoms with Gasteiger partial charge in [-0.2, -0.15) is 0 Å². The minimum absolute atomic E-state index is 0.0629. The van der Waals surface area contributed by atoms with E-state index in [9.17, 15) is 4.79 Å². The SMILES string of the molecule is CCc1ccc(-c2ccc(C(C)=O)c(C)n2)cc1. The zero-order valence-corrected chi connectivity index (χ0v) is 11.0. The molecule has 1 aromatic carbocycles. The lowest BCUT2D eigenvalue weighted by molar-refractivity contribution is 0.101. The van der Waals surface area contributed by atoms with E-state index in [1.807, 2.05) is 19.1 Å². The fourth-order valence-corrected chi connectivity index (χ4v) is 2.01. The maximum atomic E-state index is 11.4. The number of aryl methyl sites for hydroxylation is 2. The van der Waals surface area contributed by atoms with Gasteiger partial charge in [-0.05, 0) is 38.0 Å². The topological polar surface area (TPSA) is 30.0 Å². The van der Waals surface area contributed by atoms with Crippen LogP contribution in [0.1, 0.15) is 35.5 Å². The molecule has 0 saturated carbocycles. The lowest BCUT2D eigenvalue weighted by Crippen LogP contribution is -1.99. The molecule has 0 spiro atoms. The second-order valence-corrected chi connectivity index (χ2v) is 4.44. The molecule has 0 bridgehead atoms. The quantitative estimate of drug-likeness (QED) is 0.762. The van der Waals surface area contributed by atoms with Gasteiger partial charge in [-0.3, -0.25) is 9.78 Å². The van der Waals surface area contributed by atoms with Gasteiger partial charge in [0, 0.05) is 16.8 Å². The predicted molar refractivity (Wildman–Crippen MR) is 73.8 cm³/mol. The molecule has 1 heterocycles. The van der Waals surface area contributed by atoms with Crippen LogP contribution < -0.4 is 0 Å². The largest absolute Gasteiger partial charge is 0.294 e. The van der Waals surface area contributed by atoms with Crippen LogP contribution >= 0.6 is 0 Å². The van der Waals surface area contributed by atoms with Gasteiger partial charge < -0.3 is 0 Å². The van der Waals surface area contributed by atoms with Crippen molar-refractivity contribution in [3.8, 4) is 11.3 Å². The number of carbonyl (C=O) groups excluding carboxylic acids is 1. The molecule has 0 unspecified atom stereocenters. The number of carbonyl (C=O) groups is 1. The van der Waals surface area contributed by atoms with Crippen molar-refractivity contribution in [3.63, 3.8) is 0 Å². The Morgan fingerprint density at radius 3 is 2.28 bits per heavy atom. The summed E-state index contributed by atoms with van der Waals surface area (Å²) in [5.74, 6) is 0.0629. The van der Waals surface area contributed by atoms with Crippen LogP contribution in [0.3, 0.4) is 0 Å². The molecule has 1 aromatic heterocycles. The molecule has 92 valence electrons. The van der Waals surface area contributed by atoms with Gasteiger partial charge in [0.2, 0.25) is 0 Å². The molecular weight excluding hydrogens is 222 g/mol. The lowest BCUT2D eigenvalue weighted by Gasteiger charge is -2.06. The van der Waals surface area contributed by atoms with Crippen LogP contribution in [0, 0.1) is 6.92 Å². The van der Waals surface area contributed by atoms with Gasteiger partial charge in [0.05, 0.1) is 5.69 Å². The molecule has 2 rings (SSSR count). The van der Waals surface area contributed by atoms with Crippen molar-refractivity contribution in [1.82, 2.24) is 4.98 Å². The summed E-state index contributed by atoms with van der Waals surface area (Å²) in [6.07, 6.45) is 1.04. The van der Waals surface area contributed by atoms with Crippen molar-refractivity contribution in [2.24, 2.45) is 0 Å². The van der Waals surface area contributed by atoms with E-state index in [4.69, 9.17) is 0 Å². The van der Waals surface area contributed by atoms with Crippen molar-refractivity contribution >= 4 is 5.78 Å². The van der Waals surface area contributed by atoms with Crippen LogP contribution in [0.15, 0.2) is 36.4 Å². The zero-order valence-electron chi connectivity index (χ0n) is 11.0. The molecule has 0 N–H and O–H groups in total. The first-order valence-corrected chi connectivity index (χ1v) is 6.19. The van der Waals surface area contributed by atoms with Crippen LogP contribution in [0.2, 0.25) is 0 Å². The summed E-state index contributed by atoms with van der Waals surface area (Å²) in [6, 6.07) is 12.1. The first-order valence-electron chi connectivity index (χ1n) is 6.19. The number of nitrogens with zero attached hydrogens (tertiary/aromatic N) is 1. The van der Waals surface area contributed by atoms with E-state index in [-0.39, 0.29) is 5.78 Å². The molecule has 0 radical (unpaired) electrons. The maximum Gasteiger partial charge on any atom is 0.161 e. The Hall–Kier alpha value is -1.96. The van der Waals surface area contributed by atoms with Crippen LogP contribution in [0.25, 0.3) is 11.3 Å². The van der Waals surface area contributed by atoms with E-state index in [2.05, 4.69) is 36.2 Å². The summed E-state index contributed by atoms with van der Waals surface area (Å²) in [7, 11) is 0. The van der Waals surface area contributed by atoms with Crippen LogP contribution in [0.5, 0.6) is 0 Å². The Bertz CT molecular complexity index is 570. The van der Waals surface area contributed by atoms with E-state index >= 15 is 0 Å². The smallest absolute Gasteiger partial charge is 0.161 e. The average molecular weight is 239 g/mol.